The zero-order chi connectivity index (χ0) is 17.1. The topological polar surface area (TPSA) is 37.4 Å². The summed E-state index contributed by atoms with van der Waals surface area (Å²) in [7, 11) is -0.526. The number of imide groups is 1. The fourth-order valence-electron chi connectivity index (χ4n) is 4.75. The summed E-state index contributed by atoms with van der Waals surface area (Å²) in [5.41, 5.74) is 2.39. The molecule has 1 unspecified atom stereocenters. The normalized spacial score (nSPS) is 32.9. The Kier molecular flexibility index (Phi) is 3.23. The van der Waals surface area contributed by atoms with Crippen molar-refractivity contribution in [2.45, 2.75) is 18.2 Å². The van der Waals surface area contributed by atoms with E-state index in [1.165, 1.54) is 15.8 Å². The third kappa shape index (κ3) is 1.96. The number of amides is 2. The summed E-state index contributed by atoms with van der Waals surface area (Å²) in [5, 5.41) is 1.31. The molecule has 25 heavy (non-hydrogen) atoms. The van der Waals surface area contributed by atoms with Gasteiger partial charge in [0, 0.05) is 11.3 Å². The van der Waals surface area contributed by atoms with Crippen molar-refractivity contribution in [2.24, 2.45) is 11.8 Å². The Morgan fingerprint density at radius 2 is 1.44 bits per heavy atom. The monoisotopic (exact) mass is 347 g/mol. The van der Waals surface area contributed by atoms with Gasteiger partial charge in [0.25, 0.3) is 0 Å². The molecule has 0 N–H and O–H groups in total. The van der Waals surface area contributed by atoms with E-state index in [9.17, 15) is 9.59 Å². The molecule has 3 heterocycles. The van der Waals surface area contributed by atoms with Crippen molar-refractivity contribution in [3.05, 3.63) is 72.3 Å². The van der Waals surface area contributed by atoms with Gasteiger partial charge in [-0.25, -0.2) is 4.90 Å². The van der Waals surface area contributed by atoms with Gasteiger partial charge in [0.1, 0.15) is 0 Å². The van der Waals surface area contributed by atoms with E-state index in [2.05, 4.69) is 37.3 Å². The highest BCUT2D eigenvalue weighted by Crippen LogP contribution is 2.68. The summed E-state index contributed by atoms with van der Waals surface area (Å²) < 4.78 is 0. The Morgan fingerprint density at radius 3 is 2.12 bits per heavy atom. The number of benzene rings is 2. The number of carbonyl (C=O) groups excluding carboxylic acids is 2. The van der Waals surface area contributed by atoms with Crippen molar-refractivity contribution < 1.29 is 9.59 Å². The first-order chi connectivity index (χ1) is 12.2. The van der Waals surface area contributed by atoms with E-state index in [0.717, 1.165) is 0 Å². The SMILES string of the molecule is CC1=C[C@H]2[C@H]3C(=O)N(c4ccccc4)C(=O)[C@H]3[C@@H]1P2c1ccccc1. The average molecular weight is 347 g/mol. The van der Waals surface area contributed by atoms with Gasteiger partial charge in [0.15, 0.2) is 0 Å². The minimum Gasteiger partial charge on any atom is -0.274 e. The van der Waals surface area contributed by atoms with Gasteiger partial charge in [-0.3, -0.25) is 9.59 Å². The Morgan fingerprint density at radius 1 is 0.840 bits per heavy atom. The van der Waals surface area contributed by atoms with E-state index in [1.807, 2.05) is 36.4 Å². The average Bonchev–Trinajstić information content (AvgIpc) is 3.23. The number of fused-ring (bicyclic) bond motifs is 5. The van der Waals surface area contributed by atoms with Crippen molar-refractivity contribution in [1.29, 1.82) is 0 Å². The predicted molar refractivity (Wildman–Crippen MR) is 100 cm³/mol. The van der Waals surface area contributed by atoms with Crippen molar-refractivity contribution >= 4 is 30.7 Å². The zero-order valence-corrected chi connectivity index (χ0v) is 14.8. The number of carbonyl (C=O) groups is 2. The molecule has 124 valence electrons. The van der Waals surface area contributed by atoms with Crippen molar-refractivity contribution in [3.8, 4) is 0 Å². The van der Waals surface area contributed by atoms with Gasteiger partial charge in [0.2, 0.25) is 11.8 Å². The van der Waals surface area contributed by atoms with E-state index in [4.69, 9.17) is 0 Å². The van der Waals surface area contributed by atoms with Crippen LogP contribution in [0.3, 0.4) is 0 Å². The van der Waals surface area contributed by atoms with E-state index >= 15 is 0 Å². The molecule has 3 aliphatic rings. The summed E-state index contributed by atoms with van der Waals surface area (Å²) in [6.07, 6.45) is 2.27. The second-order valence-corrected chi connectivity index (χ2v) is 9.47. The Hall–Kier alpha value is -2.25. The lowest BCUT2D eigenvalue weighted by atomic mass is 9.82. The molecule has 0 spiro atoms. The molecule has 2 fully saturated rings. The molecule has 5 atom stereocenters. The number of hydrogen-bond donors (Lipinski definition) is 0. The Balaban J connectivity index is 1.57. The van der Waals surface area contributed by atoms with E-state index in [0.29, 0.717) is 5.69 Å². The number of anilines is 1. The summed E-state index contributed by atoms with van der Waals surface area (Å²) in [6, 6.07) is 19.8. The summed E-state index contributed by atoms with van der Waals surface area (Å²) in [6.45, 7) is 2.13. The molecule has 0 aliphatic carbocycles. The largest absolute Gasteiger partial charge is 0.274 e. The Labute approximate surface area is 148 Å². The van der Waals surface area contributed by atoms with Crippen LogP contribution in [0.15, 0.2) is 72.3 Å². The molecule has 2 bridgehead atoms. The lowest BCUT2D eigenvalue weighted by Crippen LogP contribution is -2.34. The lowest BCUT2D eigenvalue weighted by molar-refractivity contribution is -0.122. The quantitative estimate of drug-likeness (QED) is 0.475. The van der Waals surface area contributed by atoms with Crippen LogP contribution in [0.2, 0.25) is 0 Å². The maximum Gasteiger partial charge on any atom is 0.238 e. The van der Waals surface area contributed by atoms with Crippen molar-refractivity contribution in [3.63, 3.8) is 0 Å². The maximum absolute atomic E-state index is 13.2. The lowest BCUT2D eigenvalue weighted by Gasteiger charge is -2.24. The number of para-hydroxylation sites is 1. The van der Waals surface area contributed by atoms with Crippen LogP contribution >= 0.6 is 7.92 Å². The highest BCUT2D eigenvalue weighted by molar-refractivity contribution is 7.68. The summed E-state index contributed by atoms with van der Waals surface area (Å²) in [4.78, 5) is 27.8. The second-order valence-electron chi connectivity index (χ2n) is 6.99. The van der Waals surface area contributed by atoms with Crippen LogP contribution in [0.1, 0.15) is 6.92 Å². The van der Waals surface area contributed by atoms with Gasteiger partial charge in [-0.1, -0.05) is 68.1 Å². The van der Waals surface area contributed by atoms with E-state index in [-0.39, 0.29) is 35.0 Å². The highest BCUT2D eigenvalue weighted by atomic mass is 31.1. The second kappa shape index (κ2) is 5.37. The molecule has 5 rings (SSSR count). The first kappa shape index (κ1) is 15.0. The van der Waals surface area contributed by atoms with Gasteiger partial charge >= 0.3 is 0 Å². The van der Waals surface area contributed by atoms with E-state index in [1.54, 1.807) is 0 Å². The van der Waals surface area contributed by atoms with Gasteiger partial charge in [-0.2, -0.15) is 0 Å². The number of allylic oxidation sites excluding steroid dienone is 2. The third-order valence-corrected chi connectivity index (χ3v) is 9.03. The van der Waals surface area contributed by atoms with Gasteiger partial charge in [0.05, 0.1) is 17.5 Å². The summed E-state index contributed by atoms with van der Waals surface area (Å²) >= 11 is 0. The maximum atomic E-state index is 13.2. The fourth-order valence-corrected chi connectivity index (χ4v) is 8.55. The minimum atomic E-state index is -0.526. The van der Waals surface area contributed by atoms with Gasteiger partial charge in [-0.15, -0.1) is 0 Å². The molecule has 2 aromatic carbocycles. The Bertz CT molecular complexity index is 893. The molecule has 0 radical (unpaired) electrons. The molecular weight excluding hydrogens is 329 g/mol. The van der Waals surface area contributed by atoms with E-state index < -0.39 is 7.92 Å². The smallest absolute Gasteiger partial charge is 0.238 e. The molecule has 4 heteroatoms. The van der Waals surface area contributed by atoms with Crippen LogP contribution in [-0.2, 0) is 9.59 Å². The highest BCUT2D eigenvalue weighted by Gasteiger charge is 2.65. The molecule has 3 aliphatic heterocycles. The first-order valence-corrected chi connectivity index (χ1v) is 10.1. The molecule has 0 aromatic heterocycles. The number of nitrogens with zero attached hydrogens (tertiary/aromatic N) is 1. The van der Waals surface area contributed by atoms with Gasteiger partial charge < -0.3 is 0 Å². The zero-order valence-electron chi connectivity index (χ0n) is 13.9. The van der Waals surface area contributed by atoms with Crippen molar-refractivity contribution in [1.82, 2.24) is 0 Å². The molecule has 2 aromatic rings. The van der Waals surface area contributed by atoms with Crippen molar-refractivity contribution in [2.75, 3.05) is 4.90 Å². The number of rotatable bonds is 2. The molecular formula is C21H18NO2P. The first-order valence-electron chi connectivity index (χ1n) is 8.63. The van der Waals surface area contributed by atoms with Crippen LogP contribution in [0.4, 0.5) is 5.69 Å². The minimum absolute atomic E-state index is 0.00965. The fraction of sp³-hybridized carbons (Fsp3) is 0.238. The third-order valence-electron chi connectivity index (χ3n) is 5.70. The molecule has 3 nitrogen and oxygen atoms in total. The van der Waals surface area contributed by atoms with Gasteiger partial charge in [-0.05, 0) is 24.4 Å². The standard InChI is InChI=1S/C21H18NO2P/c1-13-12-16-17-18(19(13)25(16)15-10-6-3-7-11-15)21(24)22(20(17)23)14-8-4-2-5-9-14/h2-12,16-19H,1H3/t16-,17+,18+,19+,25?/m0/s1. The molecule has 2 saturated heterocycles. The van der Waals surface area contributed by atoms with Crippen LogP contribution in [0.5, 0.6) is 0 Å². The predicted octanol–water partition coefficient (Wildman–Crippen LogP) is 3.31. The molecule has 2 amide bonds. The van der Waals surface area contributed by atoms with Crippen LogP contribution < -0.4 is 10.2 Å². The van der Waals surface area contributed by atoms with Crippen LogP contribution in [0, 0.1) is 11.8 Å². The summed E-state index contributed by atoms with van der Waals surface area (Å²) in [5.74, 6) is -0.396. The number of hydrogen-bond acceptors (Lipinski definition) is 2. The van der Waals surface area contributed by atoms with Crippen LogP contribution in [0.25, 0.3) is 0 Å². The van der Waals surface area contributed by atoms with Crippen LogP contribution in [-0.4, -0.2) is 23.1 Å². The molecule has 0 saturated carbocycles.